The highest BCUT2D eigenvalue weighted by Crippen LogP contribution is 2.26. The zero-order valence-corrected chi connectivity index (χ0v) is 10.9. The molecule has 0 amide bonds. The van der Waals surface area contributed by atoms with Crippen molar-refractivity contribution in [3.05, 3.63) is 28.0 Å². The molecule has 0 aromatic carbocycles. The number of aryl methyl sites for hydroxylation is 2. The van der Waals surface area contributed by atoms with Gasteiger partial charge in [0.15, 0.2) is 0 Å². The molecule has 2 aromatic rings. The van der Waals surface area contributed by atoms with Gasteiger partial charge in [-0.1, -0.05) is 0 Å². The Hall–Kier alpha value is -1.69. The number of hydrogen-bond donors (Lipinski definition) is 2. The fourth-order valence-electron chi connectivity index (χ4n) is 1.69. The Bertz CT molecular complexity index is 522. The van der Waals surface area contributed by atoms with Crippen molar-refractivity contribution in [3.8, 4) is 0 Å². The van der Waals surface area contributed by atoms with E-state index in [0.29, 0.717) is 11.6 Å². The first-order valence-corrected chi connectivity index (χ1v) is 6.16. The van der Waals surface area contributed by atoms with Crippen molar-refractivity contribution in [2.45, 2.75) is 26.8 Å². The average Bonchev–Trinajstić information content (AvgIpc) is 2.58. The molecule has 0 aliphatic rings. The van der Waals surface area contributed by atoms with Crippen molar-refractivity contribution in [2.75, 3.05) is 11.1 Å². The Kier molecular flexibility index (Phi) is 3.23. The highest BCUT2D eigenvalue weighted by atomic mass is 32.1. The van der Waals surface area contributed by atoms with Crippen molar-refractivity contribution >= 4 is 23.0 Å². The van der Waals surface area contributed by atoms with Crippen LogP contribution in [-0.2, 0) is 0 Å². The third kappa shape index (κ3) is 2.71. The molecule has 2 rings (SSSR count). The minimum absolute atomic E-state index is 0.150. The normalized spacial score (nSPS) is 12.4. The lowest BCUT2D eigenvalue weighted by Crippen LogP contribution is -2.08. The summed E-state index contributed by atoms with van der Waals surface area (Å²) in [6.07, 6.45) is 3.19. The molecule has 2 heterocycles. The number of nitrogen functional groups attached to an aromatic ring is 1. The fourth-order valence-corrected chi connectivity index (χ4v) is 2.62. The van der Waals surface area contributed by atoms with Crippen LogP contribution in [0.5, 0.6) is 0 Å². The van der Waals surface area contributed by atoms with Crippen LogP contribution < -0.4 is 11.1 Å². The van der Waals surface area contributed by atoms with Gasteiger partial charge in [-0.25, -0.2) is 9.97 Å². The second-order valence-corrected chi connectivity index (χ2v) is 5.11. The van der Waals surface area contributed by atoms with Crippen molar-refractivity contribution < 1.29 is 0 Å². The number of rotatable bonds is 3. The van der Waals surface area contributed by atoms with E-state index in [2.05, 4.69) is 27.2 Å². The van der Waals surface area contributed by atoms with Crippen LogP contribution in [0, 0.1) is 13.8 Å². The van der Waals surface area contributed by atoms with Crippen LogP contribution >= 0.6 is 11.3 Å². The van der Waals surface area contributed by atoms with Gasteiger partial charge in [-0.15, -0.1) is 11.3 Å². The van der Waals surface area contributed by atoms with Gasteiger partial charge in [0.2, 0.25) is 0 Å². The van der Waals surface area contributed by atoms with E-state index in [1.54, 1.807) is 17.5 Å². The summed E-state index contributed by atoms with van der Waals surface area (Å²) >= 11 is 1.69. The number of thiazole rings is 1. The van der Waals surface area contributed by atoms with E-state index in [4.69, 9.17) is 5.73 Å². The highest BCUT2D eigenvalue weighted by Gasteiger charge is 2.13. The molecular formula is C11H15N5S. The Balaban J connectivity index is 2.16. The number of nitrogens with one attached hydrogen (secondary N) is 1. The smallest absolute Gasteiger partial charge is 0.147 e. The zero-order valence-electron chi connectivity index (χ0n) is 10.1. The minimum Gasteiger partial charge on any atom is -0.382 e. The van der Waals surface area contributed by atoms with E-state index in [1.165, 1.54) is 11.1 Å². The van der Waals surface area contributed by atoms with Crippen molar-refractivity contribution in [3.63, 3.8) is 0 Å². The van der Waals surface area contributed by atoms with Crippen molar-refractivity contribution in [1.29, 1.82) is 0 Å². The molecule has 0 aliphatic carbocycles. The monoisotopic (exact) mass is 249 g/mol. The fraction of sp³-hybridized carbons (Fsp3) is 0.364. The molecule has 0 radical (unpaired) electrons. The maximum absolute atomic E-state index is 5.58. The van der Waals surface area contributed by atoms with Crippen molar-refractivity contribution in [2.24, 2.45) is 0 Å². The van der Waals surface area contributed by atoms with Crippen LogP contribution in [0.1, 0.15) is 28.5 Å². The summed E-state index contributed by atoms with van der Waals surface area (Å²) in [5.74, 6) is 1.10. The van der Waals surface area contributed by atoms with Gasteiger partial charge in [-0.2, -0.15) is 0 Å². The van der Waals surface area contributed by atoms with E-state index in [1.807, 2.05) is 13.8 Å². The van der Waals surface area contributed by atoms with E-state index >= 15 is 0 Å². The Labute approximate surface area is 104 Å². The lowest BCUT2D eigenvalue weighted by Gasteiger charge is -2.13. The van der Waals surface area contributed by atoms with Gasteiger partial charge in [-0.05, 0) is 20.8 Å². The molecule has 3 N–H and O–H groups in total. The molecule has 1 atom stereocenters. The van der Waals surface area contributed by atoms with Crippen LogP contribution in [0.2, 0.25) is 0 Å². The molecule has 2 aromatic heterocycles. The van der Waals surface area contributed by atoms with Gasteiger partial charge in [0.1, 0.15) is 11.6 Å². The molecule has 0 aliphatic heterocycles. The molecule has 6 heteroatoms. The van der Waals surface area contributed by atoms with Gasteiger partial charge in [-0.3, -0.25) is 4.98 Å². The third-order valence-corrected chi connectivity index (χ3v) is 3.61. The molecule has 0 fully saturated rings. The predicted octanol–water partition coefficient (Wildman–Crippen LogP) is 2.31. The molecule has 0 bridgehead atoms. The highest BCUT2D eigenvalue weighted by molar-refractivity contribution is 7.11. The Morgan fingerprint density at radius 2 is 2.06 bits per heavy atom. The van der Waals surface area contributed by atoms with Gasteiger partial charge in [0, 0.05) is 4.88 Å². The number of aromatic nitrogens is 3. The predicted molar refractivity (Wildman–Crippen MR) is 70.1 cm³/mol. The second-order valence-electron chi connectivity index (χ2n) is 3.88. The van der Waals surface area contributed by atoms with Gasteiger partial charge >= 0.3 is 0 Å². The van der Waals surface area contributed by atoms with Crippen LogP contribution in [0.15, 0.2) is 12.4 Å². The SMILES string of the molecule is Cc1nc(C)c(C(C)Nc2cncc(N)n2)s1. The standard InChI is InChI=1S/C11H15N5S/c1-6-11(17-8(3)14-6)7(2)15-10-5-13-4-9(12)16-10/h4-5,7H,1-3H3,(H3,12,15,16). The molecule has 90 valence electrons. The van der Waals surface area contributed by atoms with Gasteiger partial charge in [0.05, 0.1) is 29.1 Å². The van der Waals surface area contributed by atoms with Gasteiger partial charge < -0.3 is 11.1 Å². The lowest BCUT2D eigenvalue weighted by atomic mass is 10.2. The van der Waals surface area contributed by atoms with E-state index in [9.17, 15) is 0 Å². The van der Waals surface area contributed by atoms with Crippen LogP contribution in [0.3, 0.4) is 0 Å². The third-order valence-electron chi connectivity index (χ3n) is 2.35. The number of nitrogens with two attached hydrogens (primary N) is 1. The van der Waals surface area contributed by atoms with Gasteiger partial charge in [0.25, 0.3) is 0 Å². The van der Waals surface area contributed by atoms with E-state index in [-0.39, 0.29) is 6.04 Å². The summed E-state index contributed by atoms with van der Waals surface area (Å²) in [6.45, 7) is 6.10. The summed E-state index contributed by atoms with van der Waals surface area (Å²) in [6, 6.07) is 0.150. The largest absolute Gasteiger partial charge is 0.382 e. The molecule has 0 saturated heterocycles. The summed E-state index contributed by atoms with van der Waals surface area (Å²) in [7, 11) is 0. The topological polar surface area (TPSA) is 76.7 Å². The number of hydrogen-bond acceptors (Lipinski definition) is 6. The Morgan fingerprint density at radius 1 is 1.29 bits per heavy atom. The first-order valence-electron chi connectivity index (χ1n) is 5.34. The molecule has 17 heavy (non-hydrogen) atoms. The molecule has 5 nitrogen and oxygen atoms in total. The summed E-state index contributed by atoms with van der Waals surface area (Å²) in [4.78, 5) is 13.8. The molecule has 0 saturated carbocycles. The molecule has 0 spiro atoms. The minimum atomic E-state index is 0.150. The first-order chi connectivity index (χ1) is 8.06. The van der Waals surface area contributed by atoms with Crippen LogP contribution in [0.25, 0.3) is 0 Å². The summed E-state index contributed by atoms with van der Waals surface area (Å²) in [5, 5.41) is 4.34. The number of anilines is 2. The Morgan fingerprint density at radius 3 is 2.65 bits per heavy atom. The quantitative estimate of drug-likeness (QED) is 0.872. The zero-order chi connectivity index (χ0) is 12.4. The van der Waals surface area contributed by atoms with Crippen LogP contribution in [-0.4, -0.2) is 15.0 Å². The lowest BCUT2D eigenvalue weighted by molar-refractivity contribution is 0.877. The maximum atomic E-state index is 5.58. The first kappa shape index (κ1) is 11.8. The van der Waals surface area contributed by atoms with E-state index < -0.39 is 0 Å². The second kappa shape index (κ2) is 4.67. The molecule has 1 unspecified atom stereocenters. The number of nitrogens with zero attached hydrogens (tertiary/aromatic N) is 3. The molecular weight excluding hydrogens is 234 g/mol. The maximum Gasteiger partial charge on any atom is 0.147 e. The van der Waals surface area contributed by atoms with E-state index in [0.717, 1.165) is 10.7 Å². The summed E-state index contributed by atoms with van der Waals surface area (Å²) in [5.41, 5.74) is 6.64. The average molecular weight is 249 g/mol. The summed E-state index contributed by atoms with van der Waals surface area (Å²) < 4.78 is 0. The van der Waals surface area contributed by atoms with Crippen LogP contribution in [0.4, 0.5) is 11.6 Å². The van der Waals surface area contributed by atoms with Crippen molar-refractivity contribution in [1.82, 2.24) is 15.0 Å².